The normalized spacial score (nSPS) is 26.2. The minimum Gasteiger partial charge on any atom is -0.311 e. The number of fused-ring (bicyclic) bond motifs is 6. The second kappa shape index (κ2) is 9.96. The molecule has 4 saturated carbocycles. The van der Waals surface area contributed by atoms with Gasteiger partial charge in [-0.2, -0.15) is 0 Å². The van der Waals surface area contributed by atoms with Crippen molar-refractivity contribution >= 4 is 57.2 Å². The summed E-state index contributed by atoms with van der Waals surface area (Å²) in [5.74, 6) is 3.78. The van der Waals surface area contributed by atoms with E-state index in [9.17, 15) is 0 Å². The maximum absolute atomic E-state index is 2.71. The molecule has 3 heteroatoms. The van der Waals surface area contributed by atoms with Crippen LogP contribution in [0.25, 0.3) is 0 Å². The fraction of sp³-hybridized carbons (Fsp3) is 0.362. The molecule has 3 aliphatic heterocycles. The van der Waals surface area contributed by atoms with E-state index in [1.54, 1.807) is 11.1 Å². The van der Waals surface area contributed by atoms with Gasteiger partial charge < -0.3 is 9.80 Å². The predicted octanol–water partition coefficient (Wildman–Crippen LogP) is 10.2. The molecular weight excluding hydrogens is 603 g/mol. The highest BCUT2D eigenvalue weighted by Gasteiger charge is 2.62. The van der Waals surface area contributed by atoms with Crippen LogP contribution in [-0.4, -0.2) is 6.71 Å². The van der Waals surface area contributed by atoms with Crippen molar-refractivity contribution < 1.29 is 0 Å². The number of benzene rings is 5. The average Bonchev–Trinajstić information content (AvgIpc) is 3.11. The summed E-state index contributed by atoms with van der Waals surface area (Å²) >= 11 is 0. The molecule has 2 nitrogen and oxygen atoms in total. The Hall–Kier alpha value is -4.24. The average molecular weight is 651 g/mol. The van der Waals surface area contributed by atoms with E-state index < -0.39 is 0 Å². The first-order chi connectivity index (χ1) is 24.2. The molecule has 0 aromatic heterocycles. The van der Waals surface area contributed by atoms with Crippen LogP contribution in [0.1, 0.15) is 94.9 Å². The van der Waals surface area contributed by atoms with Gasteiger partial charge in [-0.3, -0.25) is 0 Å². The second-order valence-corrected chi connectivity index (χ2v) is 18.0. The number of anilines is 6. The van der Waals surface area contributed by atoms with E-state index in [1.165, 1.54) is 93.7 Å². The lowest BCUT2D eigenvalue weighted by Crippen LogP contribution is -2.64. The lowest BCUT2D eigenvalue weighted by Gasteiger charge is -2.64. The highest BCUT2D eigenvalue weighted by atomic mass is 15.2. The summed E-state index contributed by atoms with van der Waals surface area (Å²) < 4.78 is 0. The van der Waals surface area contributed by atoms with Gasteiger partial charge in [-0.1, -0.05) is 101 Å². The topological polar surface area (TPSA) is 6.48 Å². The molecule has 5 aromatic carbocycles. The molecule has 0 unspecified atom stereocenters. The number of nitrogens with zero attached hydrogens (tertiary/aromatic N) is 2. The lowest BCUT2D eigenvalue weighted by atomic mass is 9.32. The van der Waals surface area contributed by atoms with E-state index in [4.69, 9.17) is 0 Å². The summed E-state index contributed by atoms with van der Waals surface area (Å²) in [4.78, 5) is 5.30. The molecule has 0 saturated heterocycles. The number of para-hydroxylation sites is 2. The van der Waals surface area contributed by atoms with E-state index in [2.05, 4.69) is 148 Å². The first-order valence-electron chi connectivity index (χ1n) is 19.4. The molecule has 0 N–H and O–H groups in total. The van der Waals surface area contributed by atoms with Gasteiger partial charge in [0.15, 0.2) is 0 Å². The van der Waals surface area contributed by atoms with Crippen LogP contribution in [0.4, 0.5) is 34.1 Å². The summed E-state index contributed by atoms with van der Waals surface area (Å²) in [6, 6.07) is 41.0. The molecule has 4 fully saturated rings. The van der Waals surface area contributed by atoms with Gasteiger partial charge in [0.2, 0.25) is 0 Å². The van der Waals surface area contributed by atoms with Crippen molar-refractivity contribution in [2.45, 2.75) is 83.5 Å². The predicted molar refractivity (Wildman–Crippen MR) is 211 cm³/mol. The number of rotatable bonds is 2. The third kappa shape index (κ3) is 3.67. The Balaban J connectivity index is 1.21. The SMILES string of the molecule is CC(C)c1ccc2c(c1)N(c1cccc(C(C)(C)C)c1)c1cccc3c1B2c1cccc2c1N3c1ccccc1C21C2CC3CC(C2)CC1C3. The van der Waals surface area contributed by atoms with Crippen LogP contribution in [0.3, 0.4) is 0 Å². The van der Waals surface area contributed by atoms with E-state index >= 15 is 0 Å². The summed E-state index contributed by atoms with van der Waals surface area (Å²) in [5.41, 5.74) is 18.7. The van der Waals surface area contributed by atoms with Crippen LogP contribution < -0.4 is 26.2 Å². The zero-order valence-electron chi connectivity index (χ0n) is 30.2. The molecule has 12 rings (SSSR count). The number of hydrogen-bond donors (Lipinski definition) is 0. The van der Waals surface area contributed by atoms with E-state index in [0.717, 1.165) is 23.7 Å². The molecule has 7 aliphatic rings. The third-order valence-corrected chi connectivity index (χ3v) is 14.1. The Morgan fingerprint density at radius 1 is 0.620 bits per heavy atom. The van der Waals surface area contributed by atoms with Gasteiger partial charge in [0.25, 0.3) is 6.71 Å². The molecule has 0 atom stereocenters. The molecule has 4 aliphatic carbocycles. The van der Waals surface area contributed by atoms with Crippen LogP contribution in [-0.2, 0) is 10.8 Å². The lowest BCUT2D eigenvalue weighted by molar-refractivity contribution is -0.0419. The Kier molecular flexibility index (Phi) is 5.88. The summed E-state index contributed by atoms with van der Waals surface area (Å²) in [6.45, 7) is 11.8. The Bertz CT molecular complexity index is 2210. The zero-order chi connectivity index (χ0) is 33.7. The van der Waals surface area contributed by atoms with Crippen molar-refractivity contribution in [3.63, 3.8) is 0 Å². The largest absolute Gasteiger partial charge is 0.311 e. The van der Waals surface area contributed by atoms with Gasteiger partial charge >= 0.3 is 0 Å². The minimum atomic E-state index is 0.0633. The van der Waals surface area contributed by atoms with Crippen LogP contribution in [0.15, 0.2) is 103 Å². The first-order valence-corrected chi connectivity index (χ1v) is 19.4. The van der Waals surface area contributed by atoms with Crippen molar-refractivity contribution in [2.24, 2.45) is 23.7 Å². The highest BCUT2D eigenvalue weighted by Crippen LogP contribution is 2.69. The van der Waals surface area contributed by atoms with Gasteiger partial charge in [-0.05, 0) is 142 Å². The van der Waals surface area contributed by atoms with Crippen LogP contribution in [0.2, 0.25) is 0 Å². The van der Waals surface area contributed by atoms with Gasteiger partial charge in [0, 0.05) is 33.9 Å². The molecule has 5 aromatic rings. The molecule has 248 valence electrons. The summed E-state index contributed by atoms with van der Waals surface area (Å²) in [7, 11) is 0. The quantitative estimate of drug-likeness (QED) is 0.172. The fourth-order valence-electron chi connectivity index (χ4n) is 12.3. The van der Waals surface area contributed by atoms with Gasteiger partial charge in [-0.25, -0.2) is 0 Å². The Morgan fingerprint density at radius 2 is 1.28 bits per heavy atom. The summed E-state index contributed by atoms with van der Waals surface area (Å²) in [5, 5.41) is 0. The molecule has 1 spiro atoms. The van der Waals surface area contributed by atoms with Crippen molar-refractivity contribution in [2.75, 3.05) is 9.80 Å². The van der Waals surface area contributed by atoms with Gasteiger partial charge in [-0.15, -0.1) is 0 Å². The molecule has 4 bridgehead atoms. The number of hydrogen-bond acceptors (Lipinski definition) is 2. The smallest absolute Gasteiger partial charge is 0.252 e. The van der Waals surface area contributed by atoms with Crippen molar-refractivity contribution in [1.82, 2.24) is 0 Å². The Morgan fingerprint density at radius 3 is 2.02 bits per heavy atom. The molecule has 0 radical (unpaired) electrons. The van der Waals surface area contributed by atoms with E-state index in [1.807, 2.05) is 0 Å². The van der Waals surface area contributed by atoms with Crippen molar-refractivity contribution in [3.8, 4) is 0 Å². The molecular formula is C47H47BN2. The van der Waals surface area contributed by atoms with E-state index in [-0.39, 0.29) is 17.5 Å². The van der Waals surface area contributed by atoms with Crippen LogP contribution in [0.5, 0.6) is 0 Å². The first kappa shape index (κ1) is 29.5. The van der Waals surface area contributed by atoms with E-state index in [0.29, 0.717) is 5.92 Å². The fourth-order valence-corrected chi connectivity index (χ4v) is 12.3. The maximum Gasteiger partial charge on any atom is 0.252 e. The van der Waals surface area contributed by atoms with Crippen molar-refractivity contribution in [3.05, 3.63) is 125 Å². The van der Waals surface area contributed by atoms with Gasteiger partial charge in [0.1, 0.15) is 0 Å². The standard InChI is InChI=1S/C47H47BN2/c1-28(2)31-19-20-38-43(26-31)49(35-12-8-11-32(27-35)46(3,4)5)41-17-10-18-42-44(41)48(38)39-15-9-14-37-45(39)50(42)40-16-7-6-13-36(40)47(37)33-22-29-21-30(24-33)25-34(47)23-29/h6-20,26-30,33-34H,21-25H2,1-5H3. The van der Waals surface area contributed by atoms with Gasteiger partial charge in [0.05, 0.1) is 5.69 Å². The Labute approximate surface area is 298 Å². The minimum absolute atomic E-state index is 0.0633. The van der Waals surface area contributed by atoms with Crippen LogP contribution in [0, 0.1) is 23.7 Å². The molecule has 3 heterocycles. The highest BCUT2D eigenvalue weighted by molar-refractivity contribution is 7.00. The zero-order valence-corrected chi connectivity index (χ0v) is 30.2. The second-order valence-electron chi connectivity index (χ2n) is 18.0. The summed E-state index contributed by atoms with van der Waals surface area (Å²) in [6.07, 6.45) is 7.08. The monoisotopic (exact) mass is 650 g/mol. The third-order valence-electron chi connectivity index (χ3n) is 14.1. The molecule has 50 heavy (non-hydrogen) atoms. The molecule has 0 amide bonds. The van der Waals surface area contributed by atoms with Crippen molar-refractivity contribution in [1.29, 1.82) is 0 Å². The maximum atomic E-state index is 2.71. The van der Waals surface area contributed by atoms with Crippen LogP contribution >= 0.6 is 0 Å².